The van der Waals surface area contributed by atoms with Crippen LogP contribution >= 0.6 is 0 Å². The van der Waals surface area contributed by atoms with Gasteiger partial charge in [-0.25, -0.2) is 14.2 Å². The van der Waals surface area contributed by atoms with Gasteiger partial charge >= 0.3 is 5.97 Å². The lowest BCUT2D eigenvalue weighted by Crippen LogP contribution is -2.37. The van der Waals surface area contributed by atoms with Crippen molar-refractivity contribution in [1.82, 2.24) is 10.3 Å². The van der Waals surface area contributed by atoms with Crippen LogP contribution in [0.15, 0.2) is 95.1 Å². The summed E-state index contributed by atoms with van der Waals surface area (Å²) < 4.78 is 24.7. The first-order valence-corrected chi connectivity index (χ1v) is 12.5. The lowest BCUT2D eigenvalue weighted by Gasteiger charge is -2.16. The van der Waals surface area contributed by atoms with Crippen molar-refractivity contribution in [1.29, 1.82) is 0 Å². The number of carbonyl (C=O) groups excluding carboxylic acids is 1. The Labute approximate surface area is 226 Å². The topological polar surface area (TPSA) is 102 Å². The number of allylic oxidation sites excluding steroid dienone is 2. The first-order valence-electron chi connectivity index (χ1n) is 12.5. The monoisotopic (exact) mass is 528 g/mol. The van der Waals surface area contributed by atoms with Gasteiger partial charge in [0.1, 0.15) is 23.4 Å². The Bertz CT molecular complexity index is 1440. The zero-order valence-corrected chi connectivity index (χ0v) is 21.7. The van der Waals surface area contributed by atoms with Crippen LogP contribution in [-0.2, 0) is 17.6 Å². The number of nitrogens with one attached hydrogen (secondary N) is 1. The smallest absolute Gasteiger partial charge is 0.326 e. The van der Waals surface area contributed by atoms with Crippen LogP contribution in [0.1, 0.15) is 34.3 Å². The molecule has 0 spiro atoms. The van der Waals surface area contributed by atoms with E-state index < -0.39 is 17.8 Å². The molecule has 8 heteroatoms. The Kier molecular flexibility index (Phi) is 8.89. The number of aryl methyl sites for hydroxylation is 1. The number of carboxylic acid groups (broad SMARTS) is 1. The average molecular weight is 529 g/mol. The average Bonchev–Trinajstić information content (AvgIpc) is 3.30. The standard InChI is InChI=1S/C31H29FN2O5/c1-20(18-29(35)23-10-12-25(32)13-11-23)33-28(31(36)37)19-22-8-14-26(15-9-22)38-17-16-27-21(2)39-30(34-27)24-6-4-3-5-7-24/h3-15,18,28,33H,16-17,19H2,1-2H3,(H,36,37)/t28-/m0/s1. The van der Waals surface area contributed by atoms with Gasteiger partial charge in [0, 0.05) is 35.7 Å². The summed E-state index contributed by atoms with van der Waals surface area (Å²) in [7, 11) is 0. The SMILES string of the molecule is CC(=CC(=O)c1ccc(F)cc1)N[C@@H](Cc1ccc(OCCc2nc(-c3ccccc3)oc2C)cc1)C(=O)O. The number of hydrogen-bond acceptors (Lipinski definition) is 6. The lowest BCUT2D eigenvalue weighted by atomic mass is 10.0. The minimum atomic E-state index is -1.05. The van der Waals surface area contributed by atoms with Crippen molar-refractivity contribution in [3.8, 4) is 17.2 Å². The number of nitrogens with zero attached hydrogens (tertiary/aromatic N) is 1. The Balaban J connectivity index is 1.30. The lowest BCUT2D eigenvalue weighted by molar-refractivity contribution is -0.139. The first-order chi connectivity index (χ1) is 18.8. The normalized spacial score (nSPS) is 12.1. The number of aliphatic carboxylic acids is 1. The maximum absolute atomic E-state index is 13.1. The van der Waals surface area contributed by atoms with Crippen LogP contribution in [0.2, 0.25) is 0 Å². The Morgan fingerprint density at radius 3 is 2.41 bits per heavy atom. The van der Waals surface area contributed by atoms with Crippen LogP contribution in [0.4, 0.5) is 4.39 Å². The van der Waals surface area contributed by atoms with Gasteiger partial charge in [-0.3, -0.25) is 4.79 Å². The van der Waals surface area contributed by atoms with Crippen LogP contribution in [0.5, 0.6) is 5.75 Å². The highest BCUT2D eigenvalue weighted by atomic mass is 19.1. The van der Waals surface area contributed by atoms with Gasteiger partial charge in [-0.2, -0.15) is 0 Å². The third-order valence-electron chi connectivity index (χ3n) is 6.06. The molecule has 4 aromatic rings. The molecule has 7 nitrogen and oxygen atoms in total. The zero-order chi connectivity index (χ0) is 27.8. The maximum atomic E-state index is 13.1. The molecule has 1 aromatic heterocycles. The molecule has 0 amide bonds. The molecular weight excluding hydrogens is 499 g/mol. The number of carboxylic acids is 1. The van der Waals surface area contributed by atoms with E-state index in [0.29, 0.717) is 35.9 Å². The van der Waals surface area contributed by atoms with Gasteiger partial charge in [-0.1, -0.05) is 30.3 Å². The summed E-state index contributed by atoms with van der Waals surface area (Å²) >= 11 is 0. The molecule has 0 bridgehead atoms. The number of ketones is 1. The minimum absolute atomic E-state index is 0.200. The largest absolute Gasteiger partial charge is 0.493 e. The Hall–Kier alpha value is -4.72. The molecule has 3 aromatic carbocycles. The van der Waals surface area contributed by atoms with Crippen LogP contribution in [0.3, 0.4) is 0 Å². The number of hydrogen-bond donors (Lipinski definition) is 2. The number of oxazole rings is 1. The molecule has 39 heavy (non-hydrogen) atoms. The molecule has 0 saturated carbocycles. The van der Waals surface area contributed by atoms with Gasteiger partial charge in [-0.15, -0.1) is 0 Å². The fraction of sp³-hybridized carbons (Fsp3) is 0.194. The van der Waals surface area contributed by atoms with Gasteiger partial charge < -0.3 is 19.6 Å². The van der Waals surface area contributed by atoms with Gasteiger partial charge in [0.2, 0.25) is 5.89 Å². The molecule has 0 saturated heterocycles. The summed E-state index contributed by atoms with van der Waals surface area (Å²) in [5, 5.41) is 12.6. The van der Waals surface area contributed by atoms with Gasteiger partial charge in [0.05, 0.1) is 12.3 Å². The predicted octanol–water partition coefficient (Wildman–Crippen LogP) is 5.78. The van der Waals surface area contributed by atoms with Gasteiger partial charge in [-0.05, 0) is 67.9 Å². The summed E-state index contributed by atoms with van der Waals surface area (Å²) in [6.45, 7) is 3.91. The molecule has 1 heterocycles. The van der Waals surface area contributed by atoms with Crippen LogP contribution in [0.25, 0.3) is 11.5 Å². The molecule has 0 aliphatic rings. The number of carbonyl (C=O) groups is 2. The third-order valence-corrected chi connectivity index (χ3v) is 6.06. The number of rotatable bonds is 12. The molecule has 0 aliphatic carbocycles. The number of aromatic nitrogens is 1. The van der Waals surface area contributed by atoms with Crippen molar-refractivity contribution >= 4 is 11.8 Å². The van der Waals surface area contributed by atoms with Crippen molar-refractivity contribution in [2.45, 2.75) is 32.7 Å². The molecule has 2 N–H and O–H groups in total. The van der Waals surface area contributed by atoms with Crippen molar-refractivity contribution in [3.05, 3.63) is 119 Å². The van der Waals surface area contributed by atoms with E-state index in [9.17, 15) is 19.1 Å². The molecule has 0 fully saturated rings. The summed E-state index contributed by atoms with van der Waals surface area (Å²) in [5.74, 6) is 0.166. The third kappa shape index (κ3) is 7.64. The highest BCUT2D eigenvalue weighted by Gasteiger charge is 2.18. The van der Waals surface area contributed by atoms with E-state index in [4.69, 9.17) is 9.15 Å². The molecule has 0 radical (unpaired) electrons. The second-order valence-corrected chi connectivity index (χ2v) is 9.07. The van der Waals surface area contributed by atoms with E-state index >= 15 is 0 Å². The van der Waals surface area contributed by atoms with E-state index in [1.165, 1.54) is 30.3 Å². The summed E-state index contributed by atoms with van der Waals surface area (Å²) in [5.41, 5.74) is 3.26. The highest BCUT2D eigenvalue weighted by Crippen LogP contribution is 2.22. The summed E-state index contributed by atoms with van der Waals surface area (Å²) in [4.78, 5) is 28.8. The predicted molar refractivity (Wildman–Crippen MR) is 145 cm³/mol. The van der Waals surface area contributed by atoms with E-state index in [1.807, 2.05) is 49.4 Å². The maximum Gasteiger partial charge on any atom is 0.326 e. The summed E-state index contributed by atoms with van der Waals surface area (Å²) in [6, 6.07) is 21.1. The molecule has 0 aliphatic heterocycles. The number of benzene rings is 3. The molecule has 0 unspecified atom stereocenters. The van der Waals surface area contributed by atoms with Gasteiger partial charge in [0.15, 0.2) is 5.78 Å². The zero-order valence-electron chi connectivity index (χ0n) is 21.7. The van der Waals surface area contributed by atoms with Crippen LogP contribution in [-0.4, -0.2) is 34.5 Å². The molecular formula is C31H29FN2O5. The van der Waals surface area contributed by atoms with E-state index in [1.54, 1.807) is 19.1 Å². The van der Waals surface area contributed by atoms with E-state index in [-0.39, 0.29) is 12.2 Å². The van der Waals surface area contributed by atoms with Crippen LogP contribution < -0.4 is 10.1 Å². The quantitative estimate of drug-likeness (QED) is 0.177. The number of halogens is 1. The molecule has 1 atom stereocenters. The Morgan fingerprint density at radius 1 is 1.05 bits per heavy atom. The van der Waals surface area contributed by atoms with Gasteiger partial charge in [0.25, 0.3) is 0 Å². The Morgan fingerprint density at radius 2 is 1.74 bits per heavy atom. The van der Waals surface area contributed by atoms with Crippen molar-refractivity contribution in [2.75, 3.05) is 6.61 Å². The molecule has 4 rings (SSSR count). The van der Waals surface area contributed by atoms with Crippen molar-refractivity contribution < 1.29 is 28.2 Å². The fourth-order valence-corrected chi connectivity index (χ4v) is 4.00. The fourth-order valence-electron chi connectivity index (χ4n) is 4.00. The van der Waals surface area contributed by atoms with E-state index in [0.717, 1.165) is 22.6 Å². The summed E-state index contributed by atoms with van der Waals surface area (Å²) in [6.07, 6.45) is 2.09. The second-order valence-electron chi connectivity index (χ2n) is 9.07. The van der Waals surface area contributed by atoms with Crippen molar-refractivity contribution in [3.63, 3.8) is 0 Å². The van der Waals surface area contributed by atoms with Crippen molar-refractivity contribution in [2.24, 2.45) is 0 Å². The van der Waals surface area contributed by atoms with Crippen LogP contribution in [0, 0.1) is 12.7 Å². The minimum Gasteiger partial charge on any atom is -0.493 e. The number of ether oxygens (including phenoxy) is 1. The second kappa shape index (κ2) is 12.7. The molecule has 200 valence electrons. The highest BCUT2D eigenvalue weighted by molar-refractivity contribution is 6.04. The first kappa shape index (κ1) is 27.3. The van der Waals surface area contributed by atoms with E-state index in [2.05, 4.69) is 10.3 Å².